The van der Waals surface area contributed by atoms with Gasteiger partial charge >= 0.3 is 0 Å². The molecule has 0 atom stereocenters. The summed E-state index contributed by atoms with van der Waals surface area (Å²) in [7, 11) is 0. The normalized spacial score (nSPS) is 10.9. The number of fused-ring (bicyclic) bond motifs is 1. The maximum atomic E-state index is 11.9. The van der Waals surface area contributed by atoms with E-state index in [2.05, 4.69) is 15.1 Å². The first-order valence-corrected chi connectivity index (χ1v) is 5.62. The Kier molecular flexibility index (Phi) is 2.44. The van der Waals surface area contributed by atoms with Gasteiger partial charge in [-0.05, 0) is 19.1 Å². The monoisotopic (exact) mass is 241 g/mol. The van der Waals surface area contributed by atoms with Gasteiger partial charge in [-0.15, -0.1) is 0 Å². The Morgan fingerprint density at radius 1 is 1.33 bits per heavy atom. The van der Waals surface area contributed by atoms with Crippen LogP contribution in [-0.2, 0) is 6.42 Å². The molecular weight excluding hydrogens is 230 g/mol. The number of aromatic nitrogens is 3. The number of hydrogen-bond donors (Lipinski definition) is 1. The predicted molar refractivity (Wildman–Crippen MR) is 66.4 cm³/mol. The molecule has 1 aromatic carbocycles. The number of H-pyrrole nitrogens is 1. The molecule has 0 unspecified atom stereocenters. The van der Waals surface area contributed by atoms with Gasteiger partial charge in [-0.2, -0.15) is 0 Å². The molecule has 0 fully saturated rings. The fourth-order valence-corrected chi connectivity index (χ4v) is 1.85. The third-order valence-corrected chi connectivity index (χ3v) is 2.69. The van der Waals surface area contributed by atoms with Crippen LogP contribution in [0.1, 0.15) is 17.1 Å². The third kappa shape index (κ3) is 1.90. The number of rotatable bonds is 2. The van der Waals surface area contributed by atoms with E-state index in [0.717, 1.165) is 16.7 Å². The molecule has 0 aliphatic rings. The first kappa shape index (κ1) is 10.7. The van der Waals surface area contributed by atoms with Gasteiger partial charge in [0, 0.05) is 6.07 Å². The summed E-state index contributed by atoms with van der Waals surface area (Å²) in [6.45, 7) is 1.84. The molecule has 1 N–H and O–H groups in total. The lowest BCUT2D eigenvalue weighted by Crippen LogP contribution is -2.15. The van der Waals surface area contributed by atoms with Crippen LogP contribution >= 0.6 is 0 Å². The quantitative estimate of drug-likeness (QED) is 0.742. The summed E-state index contributed by atoms with van der Waals surface area (Å²) in [5.74, 6) is 0.640. The summed E-state index contributed by atoms with van der Waals surface area (Å²) < 4.78 is 5.09. The van der Waals surface area contributed by atoms with Crippen LogP contribution < -0.4 is 5.56 Å². The van der Waals surface area contributed by atoms with Crippen molar-refractivity contribution in [3.63, 3.8) is 0 Å². The zero-order valence-electron chi connectivity index (χ0n) is 9.80. The molecule has 0 spiro atoms. The number of nitrogens with zero attached hydrogens (tertiary/aromatic N) is 2. The van der Waals surface area contributed by atoms with Gasteiger partial charge < -0.3 is 9.51 Å². The van der Waals surface area contributed by atoms with E-state index in [4.69, 9.17) is 4.52 Å². The van der Waals surface area contributed by atoms with Gasteiger partial charge in [0.2, 0.25) is 0 Å². The predicted octanol–water partition coefficient (Wildman–Crippen LogP) is 1.81. The standard InChI is InChI=1S/C13H11N3O2/c1-8-6-9(18-16-8)7-12-13(17)15-11-5-3-2-4-10(11)14-12/h2-6H,7H2,1H3,(H,15,17). The summed E-state index contributed by atoms with van der Waals surface area (Å²) >= 11 is 0. The molecule has 0 saturated carbocycles. The van der Waals surface area contributed by atoms with Crippen molar-refractivity contribution in [2.24, 2.45) is 0 Å². The zero-order chi connectivity index (χ0) is 12.5. The van der Waals surface area contributed by atoms with Crippen LogP contribution in [0.5, 0.6) is 0 Å². The summed E-state index contributed by atoms with van der Waals surface area (Å²) in [6, 6.07) is 9.23. The largest absolute Gasteiger partial charge is 0.361 e. The summed E-state index contributed by atoms with van der Waals surface area (Å²) in [6.07, 6.45) is 0.348. The molecule has 0 radical (unpaired) electrons. The van der Waals surface area contributed by atoms with Crippen LogP contribution in [-0.4, -0.2) is 15.1 Å². The molecule has 0 aliphatic heterocycles. The molecule has 5 nitrogen and oxygen atoms in total. The topological polar surface area (TPSA) is 71.8 Å². The fourth-order valence-electron chi connectivity index (χ4n) is 1.85. The Morgan fingerprint density at radius 3 is 2.94 bits per heavy atom. The van der Waals surface area contributed by atoms with Crippen LogP contribution in [0.4, 0.5) is 0 Å². The molecule has 3 rings (SSSR count). The molecule has 0 saturated heterocycles. The Hall–Kier alpha value is -2.43. The highest BCUT2D eigenvalue weighted by Crippen LogP contribution is 2.10. The second kappa shape index (κ2) is 4.10. The number of aromatic amines is 1. The molecule has 2 heterocycles. The van der Waals surface area contributed by atoms with Gasteiger partial charge in [-0.1, -0.05) is 17.3 Å². The highest BCUT2D eigenvalue weighted by atomic mass is 16.5. The highest BCUT2D eigenvalue weighted by Gasteiger charge is 2.08. The number of para-hydroxylation sites is 2. The lowest BCUT2D eigenvalue weighted by molar-refractivity contribution is 0.384. The maximum Gasteiger partial charge on any atom is 0.270 e. The van der Waals surface area contributed by atoms with E-state index in [1.54, 1.807) is 6.07 Å². The lowest BCUT2D eigenvalue weighted by Gasteiger charge is -2.00. The number of benzene rings is 1. The van der Waals surface area contributed by atoms with Gasteiger partial charge in [-0.3, -0.25) is 4.79 Å². The Balaban J connectivity index is 2.06. The van der Waals surface area contributed by atoms with Crippen LogP contribution in [0.2, 0.25) is 0 Å². The molecule has 0 amide bonds. The Bertz CT molecular complexity index is 758. The molecular formula is C13H11N3O2. The van der Waals surface area contributed by atoms with Gasteiger partial charge in [-0.25, -0.2) is 4.98 Å². The van der Waals surface area contributed by atoms with E-state index in [1.165, 1.54) is 0 Å². The number of nitrogens with one attached hydrogen (secondary N) is 1. The third-order valence-electron chi connectivity index (χ3n) is 2.69. The average molecular weight is 241 g/mol. The van der Waals surface area contributed by atoms with Gasteiger partial charge in [0.05, 0.1) is 23.1 Å². The Morgan fingerprint density at radius 2 is 2.17 bits per heavy atom. The highest BCUT2D eigenvalue weighted by molar-refractivity contribution is 5.73. The van der Waals surface area contributed by atoms with E-state index < -0.39 is 0 Å². The summed E-state index contributed by atoms with van der Waals surface area (Å²) in [4.78, 5) is 19.0. The molecule has 2 aromatic heterocycles. The van der Waals surface area contributed by atoms with Crippen molar-refractivity contribution in [2.45, 2.75) is 13.3 Å². The van der Waals surface area contributed by atoms with E-state index in [9.17, 15) is 4.79 Å². The van der Waals surface area contributed by atoms with Crippen molar-refractivity contribution >= 4 is 11.0 Å². The molecule has 0 bridgehead atoms. The maximum absolute atomic E-state index is 11.9. The molecule has 5 heteroatoms. The van der Waals surface area contributed by atoms with E-state index >= 15 is 0 Å². The molecule has 90 valence electrons. The van der Waals surface area contributed by atoms with Crippen molar-refractivity contribution in [3.8, 4) is 0 Å². The van der Waals surface area contributed by atoms with Crippen molar-refractivity contribution < 1.29 is 4.52 Å². The second-order valence-corrected chi connectivity index (χ2v) is 4.14. The first-order chi connectivity index (χ1) is 8.72. The minimum Gasteiger partial charge on any atom is -0.361 e. The molecule has 3 aromatic rings. The SMILES string of the molecule is Cc1cc(Cc2nc3ccccc3[nH]c2=O)on1. The lowest BCUT2D eigenvalue weighted by atomic mass is 10.2. The van der Waals surface area contributed by atoms with E-state index in [0.29, 0.717) is 17.9 Å². The van der Waals surface area contributed by atoms with Crippen LogP contribution in [0.3, 0.4) is 0 Å². The molecule has 0 aliphatic carbocycles. The number of aryl methyl sites for hydroxylation is 1. The van der Waals surface area contributed by atoms with Gasteiger partial charge in [0.25, 0.3) is 5.56 Å². The summed E-state index contributed by atoms with van der Waals surface area (Å²) in [5, 5.41) is 3.79. The number of hydrogen-bond acceptors (Lipinski definition) is 4. The van der Waals surface area contributed by atoms with Crippen molar-refractivity contribution in [3.05, 3.63) is 57.8 Å². The summed E-state index contributed by atoms with van der Waals surface area (Å²) in [5.41, 5.74) is 2.54. The zero-order valence-corrected chi connectivity index (χ0v) is 9.80. The average Bonchev–Trinajstić information content (AvgIpc) is 2.76. The molecule has 18 heavy (non-hydrogen) atoms. The smallest absolute Gasteiger partial charge is 0.270 e. The van der Waals surface area contributed by atoms with Crippen LogP contribution in [0, 0.1) is 6.92 Å². The Labute approximate surface area is 102 Å². The minimum atomic E-state index is -0.192. The second-order valence-electron chi connectivity index (χ2n) is 4.14. The van der Waals surface area contributed by atoms with Gasteiger partial charge in [0.1, 0.15) is 11.5 Å². The van der Waals surface area contributed by atoms with Crippen molar-refractivity contribution in [2.75, 3.05) is 0 Å². The van der Waals surface area contributed by atoms with Crippen molar-refractivity contribution in [1.29, 1.82) is 0 Å². The fraction of sp³-hybridized carbons (Fsp3) is 0.154. The van der Waals surface area contributed by atoms with Gasteiger partial charge in [0.15, 0.2) is 0 Å². The minimum absolute atomic E-state index is 0.192. The van der Waals surface area contributed by atoms with Crippen molar-refractivity contribution in [1.82, 2.24) is 15.1 Å². The van der Waals surface area contributed by atoms with E-state index in [1.807, 2.05) is 31.2 Å². The first-order valence-electron chi connectivity index (χ1n) is 5.62. The van der Waals surface area contributed by atoms with Crippen LogP contribution in [0.25, 0.3) is 11.0 Å². The van der Waals surface area contributed by atoms with Crippen LogP contribution in [0.15, 0.2) is 39.6 Å². The van der Waals surface area contributed by atoms with E-state index in [-0.39, 0.29) is 5.56 Å².